The maximum absolute atomic E-state index is 12.5. The standard InChI is InChI=1S/C7H9FN2.C2H6/c1-5-3-7(9-2)10-4-6(5)8;1-2/h3-4H,1-2H3,(H,9,10);1-2H3. The van der Waals surface area contributed by atoms with E-state index < -0.39 is 0 Å². The largest absolute Gasteiger partial charge is 0.373 e. The topological polar surface area (TPSA) is 24.9 Å². The van der Waals surface area contributed by atoms with Gasteiger partial charge in [0.15, 0.2) is 0 Å². The van der Waals surface area contributed by atoms with Crippen LogP contribution in [0.2, 0.25) is 0 Å². The van der Waals surface area contributed by atoms with Crippen LogP contribution in [0.1, 0.15) is 19.4 Å². The molecule has 0 fully saturated rings. The van der Waals surface area contributed by atoms with Gasteiger partial charge in [-0.15, -0.1) is 0 Å². The second-order valence-electron chi connectivity index (χ2n) is 2.07. The molecule has 0 aromatic carbocycles. The van der Waals surface area contributed by atoms with E-state index in [1.54, 1.807) is 20.0 Å². The normalized spacial score (nSPS) is 8.42. The van der Waals surface area contributed by atoms with Crippen molar-refractivity contribution in [2.45, 2.75) is 20.8 Å². The molecule has 2 nitrogen and oxygen atoms in total. The first kappa shape index (κ1) is 10.9. The highest BCUT2D eigenvalue weighted by Crippen LogP contribution is 2.08. The van der Waals surface area contributed by atoms with Gasteiger partial charge >= 0.3 is 0 Å². The molecule has 0 spiro atoms. The van der Waals surface area contributed by atoms with Crippen molar-refractivity contribution in [3.8, 4) is 0 Å². The Labute approximate surface area is 72.8 Å². The lowest BCUT2D eigenvalue weighted by Gasteiger charge is -1.99. The number of hydrogen-bond acceptors (Lipinski definition) is 2. The fourth-order valence-electron chi connectivity index (χ4n) is 0.676. The first-order valence-electron chi connectivity index (χ1n) is 4.04. The van der Waals surface area contributed by atoms with E-state index in [-0.39, 0.29) is 5.82 Å². The van der Waals surface area contributed by atoms with Crippen molar-refractivity contribution in [1.29, 1.82) is 0 Å². The Hall–Kier alpha value is -1.12. The molecule has 12 heavy (non-hydrogen) atoms. The molecule has 0 amide bonds. The zero-order valence-corrected chi connectivity index (χ0v) is 7.98. The molecule has 3 heteroatoms. The Kier molecular flexibility index (Phi) is 5.00. The molecule has 0 aliphatic heterocycles. The summed E-state index contributed by atoms with van der Waals surface area (Å²) >= 11 is 0. The maximum atomic E-state index is 12.5. The SMILES string of the molecule is CC.CNc1cc(C)c(F)cn1. The van der Waals surface area contributed by atoms with E-state index in [4.69, 9.17) is 0 Å². The molecule has 0 atom stereocenters. The fraction of sp³-hybridized carbons (Fsp3) is 0.444. The van der Waals surface area contributed by atoms with Crippen LogP contribution in [0.4, 0.5) is 10.2 Å². The van der Waals surface area contributed by atoms with Gasteiger partial charge in [-0.3, -0.25) is 0 Å². The number of nitrogens with one attached hydrogen (secondary N) is 1. The highest BCUT2D eigenvalue weighted by molar-refractivity contribution is 5.36. The molecule has 1 aromatic heterocycles. The average molecular weight is 170 g/mol. The van der Waals surface area contributed by atoms with E-state index in [2.05, 4.69) is 10.3 Å². The van der Waals surface area contributed by atoms with Gasteiger partial charge in [-0.1, -0.05) is 13.8 Å². The summed E-state index contributed by atoms with van der Waals surface area (Å²) in [7, 11) is 1.75. The average Bonchev–Trinajstić information content (AvgIpc) is 2.13. The summed E-state index contributed by atoms with van der Waals surface area (Å²) in [4.78, 5) is 3.77. The summed E-state index contributed by atoms with van der Waals surface area (Å²) in [5.41, 5.74) is 0.611. The molecule has 1 aromatic rings. The number of halogens is 1. The molecule has 68 valence electrons. The number of pyridine rings is 1. The van der Waals surface area contributed by atoms with Crippen molar-refractivity contribution >= 4 is 5.82 Å². The van der Waals surface area contributed by atoms with Crippen molar-refractivity contribution in [1.82, 2.24) is 4.98 Å². The van der Waals surface area contributed by atoms with E-state index in [1.807, 2.05) is 13.8 Å². The van der Waals surface area contributed by atoms with E-state index >= 15 is 0 Å². The molecule has 0 aliphatic carbocycles. The molecule has 0 saturated heterocycles. The number of aromatic nitrogens is 1. The van der Waals surface area contributed by atoms with Crippen molar-refractivity contribution in [2.75, 3.05) is 12.4 Å². The lowest BCUT2D eigenvalue weighted by atomic mass is 10.3. The van der Waals surface area contributed by atoms with Gasteiger partial charge in [0.2, 0.25) is 0 Å². The van der Waals surface area contributed by atoms with Crippen LogP contribution in [0.5, 0.6) is 0 Å². The highest BCUT2D eigenvalue weighted by atomic mass is 19.1. The predicted molar refractivity (Wildman–Crippen MR) is 49.8 cm³/mol. The van der Waals surface area contributed by atoms with Crippen molar-refractivity contribution in [3.63, 3.8) is 0 Å². The summed E-state index contributed by atoms with van der Waals surface area (Å²) in [5.74, 6) is 0.429. The highest BCUT2D eigenvalue weighted by Gasteiger charge is 1.96. The molecule has 0 bridgehead atoms. The molecular weight excluding hydrogens is 155 g/mol. The minimum atomic E-state index is -0.265. The van der Waals surface area contributed by atoms with E-state index in [0.29, 0.717) is 11.4 Å². The first-order valence-corrected chi connectivity index (χ1v) is 4.04. The van der Waals surface area contributed by atoms with Crippen molar-refractivity contribution in [3.05, 3.63) is 23.6 Å². The first-order chi connectivity index (χ1) is 5.74. The van der Waals surface area contributed by atoms with Gasteiger partial charge in [0, 0.05) is 7.05 Å². The van der Waals surface area contributed by atoms with Gasteiger partial charge in [0.25, 0.3) is 0 Å². The Balaban J connectivity index is 0.000000561. The summed E-state index contributed by atoms with van der Waals surface area (Å²) in [5, 5.41) is 2.82. The van der Waals surface area contributed by atoms with Crippen LogP contribution in [-0.2, 0) is 0 Å². The van der Waals surface area contributed by atoms with Crippen LogP contribution < -0.4 is 5.32 Å². The summed E-state index contributed by atoms with van der Waals surface area (Å²) in [6.45, 7) is 5.71. The fourth-order valence-corrected chi connectivity index (χ4v) is 0.676. The van der Waals surface area contributed by atoms with Crippen LogP contribution in [-0.4, -0.2) is 12.0 Å². The maximum Gasteiger partial charge on any atom is 0.144 e. The number of rotatable bonds is 1. The Morgan fingerprint density at radius 2 is 2.00 bits per heavy atom. The Bertz CT molecular complexity index is 236. The van der Waals surface area contributed by atoms with E-state index in [9.17, 15) is 4.39 Å². The van der Waals surface area contributed by atoms with Crippen LogP contribution in [0.15, 0.2) is 12.3 Å². The van der Waals surface area contributed by atoms with Crippen LogP contribution in [0, 0.1) is 12.7 Å². The number of hydrogen-bond donors (Lipinski definition) is 1. The molecule has 0 radical (unpaired) electrons. The molecule has 0 saturated carbocycles. The second-order valence-corrected chi connectivity index (χ2v) is 2.07. The molecule has 1 heterocycles. The molecular formula is C9H15FN2. The lowest BCUT2D eigenvalue weighted by Crippen LogP contribution is -1.93. The van der Waals surface area contributed by atoms with Gasteiger partial charge in [-0.05, 0) is 18.6 Å². The molecule has 0 aliphatic rings. The third kappa shape index (κ3) is 2.86. The Morgan fingerprint density at radius 1 is 1.42 bits per heavy atom. The summed E-state index contributed by atoms with van der Waals surface area (Å²) in [6.07, 6.45) is 1.21. The van der Waals surface area contributed by atoms with Gasteiger partial charge < -0.3 is 5.32 Å². The monoisotopic (exact) mass is 170 g/mol. The van der Waals surface area contributed by atoms with Gasteiger partial charge in [0.05, 0.1) is 6.20 Å². The third-order valence-corrected chi connectivity index (χ3v) is 1.30. The van der Waals surface area contributed by atoms with Gasteiger partial charge in [-0.25, -0.2) is 9.37 Å². The number of nitrogens with zero attached hydrogens (tertiary/aromatic N) is 1. The van der Waals surface area contributed by atoms with Crippen LogP contribution in [0.25, 0.3) is 0 Å². The second kappa shape index (κ2) is 5.52. The number of aryl methyl sites for hydroxylation is 1. The zero-order chi connectivity index (χ0) is 9.56. The zero-order valence-electron chi connectivity index (χ0n) is 7.98. The molecule has 1 N–H and O–H groups in total. The quantitative estimate of drug-likeness (QED) is 0.700. The van der Waals surface area contributed by atoms with E-state index in [1.165, 1.54) is 6.20 Å². The summed E-state index contributed by atoms with van der Waals surface area (Å²) < 4.78 is 12.5. The predicted octanol–water partition coefficient (Wildman–Crippen LogP) is 2.60. The molecule has 1 rings (SSSR count). The lowest BCUT2D eigenvalue weighted by molar-refractivity contribution is 0.612. The van der Waals surface area contributed by atoms with Gasteiger partial charge in [-0.2, -0.15) is 0 Å². The minimum absolute atomic E-state index is 0.265. The van der Waals surface area contributed by atoms with Crippen molar-refractivity contribution < 1.29 is 4.39 Å². The van der Waals surface area contributed by atoms with Crippen LogP contribution >= 0.6 is 0 Å². The minimum Gasteiger partial charge on any atom is -0.373 e. The van der Waals surface area contributed by atoms with Crippen molar-refractivity contribution in [2.24, 2.45) is 0 Å². The Morgan fingerprint density at radius 3 is 2.42 bits per heavy atom. The third-order valence-electron chi connectivity index (χ3n) is 1.30. The van der Waals surface area contributed by atoms with Gasteiger partial charge in [0.1, 0.15) is 11.6 Å². The van der Waals surface area contributed by atoms with Crippen LogP contribution in [0.3, 0.4) is 0 Å². The summed E-state index contributed by atoms with van der Waals surface area (Å²) in [6, 6.07) is 1.66. The molecule has 0 unspecified atom stereocenters. The number of anilines is 1. The smallest absolute Gasteiger partial charge is 0.144 e. The van der Waals surface area contributed by atoms with E-state index in [0.717, 1.165) is 0 Å².